The second kappa shape index (κ2) is 8.68. The van der Waals surface area contributed by atoms with Gasteiger partial charge in [-0.25, -0.2) is 8.78 Å². The van der Waals surface area contributed by atoms with E-state index in [4.69, 9.17) is 10.9 Å². The highest BCUT2D eigenvalue weighted by molar-refractivity contribution is 5.81. The van der Waals surface area contributed by atoms with Crippen LogP contribution < -0.4 is 5.73 Å². The van der Waals surface area contributed by atoms with Crippen molar-refractivity contribution in [3.8, 4) is 0 Å². The van der Waals surface area contributed by atoms with E-state index in [-0.39, 0.29) is 31.2 Å². The maximum atomic E-state index is 11.7. The van der Waals surface area contributed by atoms with Gasteiger partial charge in [0.15, 0.2) is 0 Å². The Hall–Kier alpha value is -1.44. The molecule has 8 heteroatoms. The Kier molecular flexibility index (Phi) is 7.95. The lowest BCUT2D eigenvalue weighted by Crippen LogP contribution is -2.31. The Labute approximate surface area is 98.0 Å². The monoisotopic (exact) mass is 253 g/mol. The standard InChI is InChI=1S/C9H17F2N3O3/c1-14(4-2-8(12)13-16)9(15)3-5-17-6-7(10)11/h7,16H,2-6H2,1H3,(H2,12,13). The molecule has 3 N–H and O–H groups in total. The highest BCUT2D eigenvalue weighted by Crippen LogP contribution is 1.97. The molecule has 6 nitrogen and oxygen atoms in total. The number of amides is 1. The second-order valence-corrected chi connectivity index (χ2v) is 3.37. The number of oxime groups is 1. The van der Waals surface area contributed by atoms with E-state index in [1.54, 1.807) is 7.05 Å². The summed E-state index contributed by atoms with van der Waals surface area (Å²) >= 11 is 0. The molecule has 0 heterocycles. The normalized spacial score (nSPS) is 11.9. The van der Waals surface area contributed by atoms with E-state index in [0.717, 1.165) is 0 Å². The molecule has 0 aromatic heterocycles. The van der Waals surface area contributed by atoms with E-state index in [1.165, 1.54) is 4.90 Å². The molecule has 0 aliphatic heterocycles. The maximum absolute atomic E-state index is 11.7. The first kappa shape index (κ1) is 15.6. The van der Waals surface area contributed by atoms with Gasteiger partial charge >= 0.3 is 0 Å². The fourth-order valence-corrected chi connectivity index (χ4v) is 0.980. The number of nitrogens with two attached hydrogens (primary N) is 1. The predicted molar refractivity (Wildman–Crippen MR) is 57.1 cm³/mol. The first-order chi connectivity index (χ1) is 7.97. The molecule has 0 radical (unpaired) electrons. The molecule has 0 unspecified atom stereocenters. The van der Waals surface area contributed by atoms with Crippen molar-refractivity contribution in [1.82, 2.24) is 4.90 Å². The van der Waals surface area contributed by atoms with Gasteiger partial charge in [0.25, 0.3) is 6.43 Å². The molecule has 0 saturated carbocycles. The Morgan fingerprint density at radius 2 is 2.18 bits per heavy atom. The molecule has 0 fully saturated rings. The number of amidine groups is 1. The summed E-state index contributed by atoms with van der Waals surface area (Å²) in [6, 6.07) is 0. The van der Waals surface area contributed by atoms with Gasteiger partial charge in [-0.2, -0.15) is 0 Å². The third-order valence-corrected chi connectivity index (χ3v) is 1.96. The largest absolute Gasteiger partial charge is 0.409 e. The van der Waals surface area contributed by atoms with E-state index in [2.05, 4.69) is 9.89 Å². The molecule has 0 rings (SSSR count). The molecule has 0 saturated heterocycles. The zero-order chi connectivity index (χ0) is 13.3. The lowest BCUT2D eigenvalue weighted by atomic mass is 10.3. The molecule has 0 aromatic carbocycles. The smallest absolute Gasteiger partial charge is 0.261 e. The third kappa shape index (κ3) is 8.38. The van der Waals surface area contributed by atoms with Crippen LogP contribution in [-0.4, -0.2) is 55.1 Å². The zero-order valence-electron chi connectivity index (χ0n) is 9.60. The summed E-state index contributed by atoms with van der Waals surface area (Å²) in [6.07, 6.45) is -2.25. The molecule has 0 aliphatic carbocycles. The van der Waals surface area contributed by atoms with Crippen molar-refractivity contribution < 1.29 is 23.5 Å². The van der Waals surface area contributed by atoms with Crippen molar-refractivity contribution in [1.29, 1.82) is 0 Å². The molecule has 0 aliphatic rings. The van der Waals surface area contributed by atoms with E-state index >= 15 is 0 Å². The lowest BCUT2D eigenvalue weighted by Gasteiger charge is -2.16. The molecule has 0 atom stereocenters. The molecular formula is C9H17F2N3O3. The van der Waals surface area contributed by atoms with E-state index in [9.17, 15) is 13.6 Å². The average Bonchev–Trinajstić information content (AvgIpc) is 2.30. The van der Waals surface area contributed by atoms with Crippen LogP contribution in [0.25, 0.3) is 0 Å². The van der Waals surface area contributed by atoms with Crippen LogP contribution in [0.3, 0.4) is 0 Å². The third-order valence-electron chi connectivity index (χ3n) is 1.96. The van der Waals surface area contributed by atoms with Gasteiger partial charge in [-0.3, -0.25) is 4.79 Å². The van der Waals surface area contributed by atoms with Crippen LogP contribution in [0.15, 0.2) is 5.16 Å². The van der Waals surface area contributed by atoms with Crippen LogP contribution in [0.4, 0.5) is 8.78 Å². The number of carbonyl (C=O) groups is 1. The van der Waals surface area contributed by atoms with Gasteiger partial charge in [-0.1, -0.05) is 5.16 Å². The second-order valence-electron chi connectivity index (χ2n) is 3.37. The first-order valence-corrected chi connectivity index (χ1v) is 5.03. The minimum absolute atomic E-state index is 0.0265. The van der Waals surface area contributed by atoms with Crippen molar-refractivity contribution in [2.75, 3.05) is 26.8 Å². The number of carbonyl (C=O) groups excluding carboxylic acids is 1. The minimum atomic E-state index is -2.52. The highest BCUT2D eigenvalue weighted by Gasteiger charge is 2.10. The Morgan fingerprint density at radius 1 is 1.53 bits per heavy atom. The summed E-state index contributed by atoms with van der Waals surface area (Å²) in [5.74, 6) is -0.219. The quantitative estimate of drug-likeness (QED) is 0.213. The number of rotatable bonds is 8. The summed E-state index contributed by atoms with van der Waals surface area (Å²) in [7, 11) is 1.54. The van der Waals surface area contributed by atoms with Gasteiger partial charge in [0.05, 0.1) is 13.0 Å². The number of hydrogen-bond acceptors (Lipinski definition) is 4. The fraction of sp³-hybridized carbons (Fsp3) is 0.778. The van der Waals surface area contributed by atoms with Gasteiger partial charge in [-0.15, -0.1) is 0 Å². The van der Waals surface area contributed by atoms with E-state index in [0.29, 0.717) is 6.54 Å². The van der Waals surface area contributed by atoms with Gasteiger partial charge in [0.2, 0.25) is 5.91 Å². The lowest BCUT2D eigenvalue weighted by molar-refractivity contribution is -0.131. The number of hydrogen-bond donors (Lipinski definition) is 2. The maximum Gasteiger partial charge on any atom is 0.261 e. The molecular weight excluding hydrogens is 236 g/mol. The van der Waals surface area contributed by atoms with Crippen molar-refractivity contribution in [2.24, 2.45) is 10.9 Å². The summed E-state index contributed by atoms with van der Waals surface area (Å²) < 4.78 is 28.0. The van der Waals surface area contributed by atoms with Crippen LogP contribution in [0.2, 0.25) is 0 Å². The summed E-state index contributed by atoms with van der Waals surface area (Å²) in [6.45, 7) is -0.415. The van der Waals surface area contributed by atoms with Gasteiger partial charge < -0.3 is 20.6 Å². The van der Waals surface area contributed by atoms with Crippen molar-refractivity contribution >= 4 is 11.7 Å². The number of nitrogens with zero attached hydrogens (tertiary/aromatic N) is 2. The predicted octanol–water partition coefficient (Wildman–Crippen LogP) is 0.253. The summed E-state index contributed by atoms with van der Waals surface area (Å²) in [4.78, 5) is 12.8. The number of ether oxygens (including phenoxy) is 1. The van der Waals surface area contributed by atoms with Crippen LogP contribution in [0, 0.1) is 0 Å². The molecule has 100 valence electrons. The summed E-state index contributed by atoms with van der Waals surface area (Å²) in [5, 5.41) is 11.0. The molecule has 0 bridgehead atoms. The van der Waals surface area contributed by atoms with Gasteiger partial charge in [0.1, 0.15) is 12.4 Å². The Morgan fingerprint density at radius 3 is 2.71 bits per heavy atom. The van der Waals surface area contributed by atoms with Crippen LogP contribution in [0.5, 0.6) is 0 Å². The molecule has 1 amide bonds. The number of halogens is 2. The number of alkyl halides is 2. The van der Waals surface area contributed by atoms with Crippen molar-refractivity contribution in [3.63, 3.8) is 0 Å². The van der Waals surface area contributed by atoms with Crippen molar-refractivity contribution in [3.05, 3.63) is 0 Å². The van der Waals surface area contributed by atoms with Crippen LogP contribution in [0.1, 0.15) is 12.8 Å². The van der Waals surface area contributed by atoms with E-state index in [1.807, 2.05) is 0 Å². The topological polar surface area (TPSA) is 88.1 Å². The SMILES string of the molecule is CN(CCC(N)=NO)C(=O)CCOCC(F)F. The Bertz CT molecular complexity index is 262. The molecule has 0 spiro atoms. The van der Waals surface area contributed by atoms with Crippen LogP contribution in [-0.2, 0) is 9.53 Å². The Balaban J connectivity index is 3.67. The van der Waals surface area contributed by atoms with Crippen LogP contribution >= 0.6 is 0 Å². The summed E-state index contributed by atoms with van der Waals surface area (Å²) in [5.41, 5.74) is 5.23. The first-order valence-electron chi connectivity index (χ1n) is 5.03. The fourth-order valence-electron chi connectivity index (χ4n) is 0.980. The van der Waals surface area contributed by atoms with E-state index < -0.39 is 13.0 Å². The van der Waals surface area contributed by atoms with Crippen molar-refractivity contribution in [2.45, 2.75) is 19.3 Å². The zero-order valence-corrected chi connectivity index (χ0v) is 9.60. The highest BCUT2D eigenvalue weighted by atomic mass is 19.3. The van der Waals surface area contributed by atoms with Gasteiger partial charge in [0, 0.05) is 20.0 Å². The average molecular weight is 253 g/mol. The molecule has 0 aromatic rings. The minimum Gasteiger partial charge on any atom is -0.409 e. The molecule has 17 heavy (non-hydrogen) atoms. The van der Waals surface area contributed by atoms with Gasteiger partial charge in [-0.05, 0) is 0 Å².